The molecule has 0 unspecified atom stereocenters. The lowest BCUT2D eigenvalue weighted by Crippen LogP contribution is -2.24. The van der Waals surface area contributed by atoms with Gasteiger partial charge in [0, 0.05) is 12.2 Å². The van der Waals surface area contributed by atoms with E-state index in [0.717, 1.165) is 11.8 Å². The molecule has 3 heteroatoms. The van der Waals surface area contributed by atoms with Crippen molar-refractivity contribution in [3.8, 4) is 0 Å². The lowest BCUT2D eigenvalue weighted by molar-refractivity contribution is -0.140. The Kier molecular flexibility index (Phi) is 6.94. The molecule has 3 nitrogen and oxygen atoms in total. The fraction of sp³-hybridized carbons (Fsp3) is 0.842. The molecule has 2 saturated carbocycles. The average molecular weight is 308 g/mol. The molecule has 0 radical (unpaired) electrons. The molecule has 0 aromatic heterocycles. The highest BCUT2D eigenvalue weighted by Gasteiger charge is 2.27. The van der Waals surface area contributed by atoms with Gasteiger partial charge in [0.05, 0.1) is 6.61 Å². The minimum absolute atomic E-state index is 0.247. The molecule has 0 amide bonds. The zero-order chi connectivity index (χ0) is 15.9. The van der Waals surface area contributed by atoms with Gasteiger partial charge < -0.3 is 9.84 Å². The standard InChI is InChI=1S/C19H32O3/c1-14(2)19(21)22-13-18-9-5-16(6-10-18)11-15-3-7-17(12-20)8-4-15/h15-18,20H,1,3-13H2,2H3. The second-order valence-electron chi connectivity index (χ2n) is 7.57. The van der Waals surface area contributed by atoms with Gasteiger partial charge in [0.25, 0.3) is 0 Å². The molecule has 2 aliphatic rings. The van der Waals surface area contributed by atoms with Gasteiger partial charge in [-0.15, -0.1) is 0 Å². The van der Waals surface area contributed by atoms with Gasteiger partial charge in [-0.2, -0.15) is 0 Å². The van der Waals surface area contributed by atoms with Crippen molar-refractivity contribution in [3.63, 3.8) is 0 Å². The molecule has 0 saturated heterocycles. The van der Waals surface area contributed by atoms with E-state index in [2.05, 4.69) is 6.58 Å². The highest BCUT2D eigenvalue weighted by Crippen LogP contribution is 2.38. The van der Waals surface area contributed by atoms with E-state index < -0.39 is 0 Å². The number of carbonyl (C=O) groups excluding carboxylic acids is 1. The van der Waals surface area contributed by atoms with Gasteiger partial charge in [-0.25, -0.2) is 4.79 Å². The number of hydrogen-bond acceptors (Lipinski definition) is 3. The summed E-state index contributed by atoms with van der Waals surface area (Å²) in [7, 11) is 0. The van der Waals surface area contributed by atoms with E-state index >= 15 is 0 Å². The highest BCUT2D eigenvalue weighted by atomic mass is 16.5. The van der Waals surface area contributed by atoms with Crippen molar-refractivity contribution in [2.45, 2.75) is 64.7 Å². The minimum Gasteiger partial charge on any atom is -0.462 e. The molecule has 0 aliphatic heterocycles. The molecule has 0 bridgehead atoms. The maximum Gasteiger partial charge on any atom is 0.333 e. The van der Waals surface area contributed by atoms with Gasteiger partial charge in [-0.05, 0) is 62.7 Å². The SMILES string of the molecule is C=C(C)C(=O)OCC1CCC(CC2CCC(CO)CC2)CC1. The van der Waals surface area contributed by atoms with Crippen LogP contribution in [0.1, 0.15) is 64.7 Å². The second kappa shape index (κ2) is 8.71. The highest BCUT2D eigenvalue weighted by molar-refractivity contribution is 5.86. The first-order valence-corrected chi connectivity index (χ1v) is 9.02. The van der Waals surface area contributed by atoms with E-state index in [1.165, 1.54) is 57.8 Å². The van der Waals surface area contributed by atoms with Crippen molar-refractivity contribution in [1.82, 2.24) is 0 Å². The Morgan fingerprint density at radius 1 is 0.955 bits per heavy atom. The van der Waals surface area contributed by atoms with Gasteiger partial charge in [-0.3, -0.25) is 0 Å². The fourth-order valence-corrected chi connectivity index (χ4v) is 4.07. The van der Waals surface area contributed by atoms with Crippen molar-refractivity contribution in [2.24, 2.45) is 23.7 Å². The predicted molar refractivity (Wildman–Crippen MR) is 88.4 cm³/mol. The van der Waals surface area contributed by atoms with Crippen LogP contribution in [0.3, 0.4) is 0 Å². The average Bonchev–Trinajstić information content (AvgIpc) is 2.54. The van der Waals surface area contributed by atoms with Crippen LogP contribution in [0.4, 0.5) is 0 Å². The smallest absolute Gasteiger partial charge is 0.333 e. The van der Waals surface area contributed by atoms with Crippen LogP contribution < -0.4 is 0 Å². The second-order valence-corrected chi connectivity index (χ2v) is 7.57. The molecule has 1 N–H and O–H groups in total. The molecule has 126 valence electrons. The summed E-state index contributed by atoms with van der Waals surface area (Å²) >= 11 is 0. The van der Waals surface area contributed by atoms with Crippen LogP contribution in [-0.4, -0.2) is 24.3 Å². The van der Waals surface area contributed by atoms with Crippen LogP contribution in [-0.2, 0) is 9.53 Å². The van der Waals surface area contributed by atoms with Gasteiger partial charge in [0.1, 0.15) is 0 Å². The molecule has 0 atom stereocenters. The van der Waals surface area contributed by atoms with Crippen molar-refractivity contribution in [2.75, 3.05) is 13.2 Å². The summed E-state index contributed by atoms with van der Waals surface area (Å²) in [6.45, 7) is 6.26. The summed E-state index contributed by atoms with van der Waals surface area (Å²) in [4.78, 5) is 11.4. The van der Waals surface area contributed by atoms with Crippen LogP contribution >= 0.6 is 0 Å². The van der Waals surface area contributed by atoms with E-state index in [0.29, 0.717) is 30.6 Å². The third-order valence-electron chi connectivity index (χ3n) is 5.66. The van der Waals surface area contributed by atoms with Gasteiger partial charge in [0.15, 0.2) is 0 Å². The predicted octanol–water partition coefficient (Wildman–Crippen LogP) is 4.10. The van der Waals surface area contributed by atoms with E-state index in [1.54, 1.807) is 6.92 Å². The Morgan fingerprint density at radius 2 is 1.41 bits per heavy atom. The van der Waals surface area contributed by atoms with Crippen LogP contribution in [0.15, 0.2) is 12.2 Å². The molecule has 2 fully saturated rings. The Hall–Kier alpha value is -0.830. The summed E-state index contributed by atoms with van der Waals surface area (Å²) < 4.78 is 5.29. The number of hydrogen-bond donors (Lipinski definition) is 1. The van der Waals surface area contributed by atoms with Crippen molar-refractivity contribution in [3.05, 3.63) is 12.2 Å². The number of rotatable bonds is 6. The molecule has 22 heavy (non-hydrogen) atoms. The molecule has 0 spiro atoms. The molecular formula is C19H32O3. The van der Waals surface area contributed by atoms with Crippen molar-refractivity contribution >= 4 is 5.97 Å². The van der Waals surface area contributed by atoms with Crippen LogP contribution in [0.25, 0.3) is 0 Å². The van der Waals surface area contributed by atoms with Gasteiger partial charge >= 0.3 is 5.97 Å². The molecular weight excluding hydrogens is 276 g/mol. The van der Waals surface area contributed by atoms with Crippen molar-refractivity contribution in [1.29, 1.82) is 0 Å². The molecule has 2 aliphatic carbocycles. The Balaban J connectivity index is 1.61. The lowest BCUT2D eigenvalue weighted by atomic mass is 9.73. The van der Waals surface area contributed by atoms with Crippen LogP contribution in [0, 0.1) is 23.7 Å². The van der Waals surface area contributed by atoms with E-state index in [9.17, 15) is 9.90 Å². The fourth-order valence-electron chi connectivity index (χ4n) is 4.07. The van der Waals surface area contributed by atoms with Crippen LogP contribution in [0.2, 0.25) is 0 Å². The molecule has 2 rings (SSSR count). The van der Waals surface area contributed by atoms with Gasteiger partial charge in [0.2, 0.25) is 0 Å². The number of ether oxygens (including phenoxy) is 1. The monoisotopic (exact) mass is 308 g/mol. The zero-order valence-corrected chi connectivity index (χ0v) is 14.1. The third-order valence-corrected chi connectivity index (χ3v) is 5.66. The first-order chi connectivity index (χ1) is 10.6. The molecule has 0 aromatic rings. The first kappa shape index (κ1) is 17.5. The summed E-state index contributed by atoms with van der Waals surface area (Å²) in [5.74, 6) is 2.61. The lowest BCUT2D eigenvalue weighted by Gasteiger charge is -2.33. The quantitative estimate of drug-likeness (QED) is 0.593. The largest absolute Gasteiger partial charge is 0.462 e. The zero-order valence-electron chi connectivity index (χ0n) is 14.1. The van der Waals surface area contributed by atoms with Crippen molar-refractivity contribution < 1.29 is 14.6 Å². The topological polar surface area (TPSA) is 46.5 Å². The van der Waals surface area contributed by atoms with E-state index in [1.807, 2.05) is 0 Å². The molecule has 0 heterocycles. The van der Waals surface area contributed by atoms with E-state index in [-0.39, 0.29) is 5.97 Å². The maximum atomic E-state index is 11.4. The first-order valence-electron chi connectivity index (χ1n) is 9.02. The number of aliphatic hydroxyl groups is 1. The Labute approximate surface area is 135 Å². The Bertz CT molecular complexity index is 361. The Morgan fingerprint density at radius 3 is 1.86 bits per heavy atom. The minimum atomic E-state index is -0.247. The molecule has 0 aromatic carbocycles. The summed E-state index contributed by atoms with van der Waals surface area (Å²) in [5, 5.41) is 9.21. The number of esters is 1. The number of carbonyl (C=O) groups is 1. The summed E-state index contributed by atoms with van der Waals surface area (Å²) in [6, 6.07) is 0. The summed E-state index contributed by atoms with van der Waals surface area (Å²) in [6.07, 6.45) is 11.4. The third kappa shape index (κ3) is 5.42. The van der Waals surface area contributed by atoms with Crippen LogP contribution in [0.5, 0.6) is 0 Å². The van der Waals surface area contributed by atoms with Gasteiger partial charge in [-0.1, -0.05) is 32.3 Å². The summed E-state index contributed by atoms with van der Waals surface area (Å²) in [5.41, 5.74) is 0.493. The maximum absolute atomic E-state index is 11.4. The normalized spacial score (nSPS) is 32.5. The number of aliphatic hydroxyl groups excluding tert-OH is 1. The van der Waals surface area contributed by atoms with E-state index in [4.69, 9.17) is 4.74 Å².